The second-order valence-corrected chi connectivity index (χ2v) is 2.92. The highest BCUT2D eigenvalue weighted by Crippen LogP contribution is 2.08. The first-order valence-electron chi connectivity index (χ1n) is 4.70. The van der Waals surface area contributed by atoms with E-state index in [4.69, 9.17) is 12.2 Å². The van der Waals surface area contributed by atoms with Crippen molar-refractivity contribution in [2.24, 2.45) is 5.73 Å². The second kappa shape index (κ2) is 4.05. The molecule has 0 fully saturated rings. The highest BCUT2D eigenvalue weighted by atomic mass is 16.4. The van der Waals surface area contributed by atoms with E-state index < -0.39 is 12.0 Å². The van der Waals surface area contributed by atoms with Gasteiger partial charge in [0.2, 0.25) is 0 Å². The maximum Gasteiger partial charge on any atom is 0.320 e. The molecule has 0 bridgehead atoms. The third kappa shape index (κ3) is 2.56. The number of aliphatic carboxylic acids is 1. The number of hydrogen-bond donors (Lipinski definition) is 2. The highest BCUT2D eigenvalue weighted by molar-refractivity contribution is 5.73. The Morgan fingerprint density at radius 3 is 3.00 bits per heavy atom. The van der Waals surface area contributed by atoms with Crippen molar-refractivity contribution in [1.82, 2.24) is 0 Å². The summed E-state index contributed by atoms with van der Waals surface area (Å²) in [5, 5.41) is 8.64. The van der Waals surface area contributed by atoms with E-state index in [0.717, 1.165) is 11.1 Å². The SMILES string of the molecule is [2H]Cc1ccccc1C[C@H](N)C(=O)O. The predicted octanol–water partition coefficient (Wildman–Crippen LogP) is 0.949. The van der Waals surface area contributed by atoms with Crippen LogP contribution in [0.5, 0.6) is 0 Å². The molecule has 70 valence electrons. The summed E-state index contributed by atoms with van der Waals surface area (Å²) >= 11 is 0. The number of benzene rings is 1. The Morgan fingerprint density at radius 1 is 1.69 bits per heavy atom. The van der Waals surface area contributed by atoms with Gasteiger partial charge in [0.05, 0.1) is 0 Å². The molecule has 1 aromatic carbocycles. The minimum Gasteiger partial charge on any atom is -0.480 e. The summed E-state index contributed by atoms with van der Waals surface area (Å²) in [6, 6.07) is 6.40. The molecule has 0 heterocycles. The molecule has 0 aliphatic carbocycles. The zero-order valence-electron chi connectivity index (χ0n) is 8.23. The number of aryl methyl sites for hydroxylation is 1. The molecule has 0 spiro atoms. The van der Waals surface area contributed by atoms with Crippen molar-refractivity contribution >= 4 is 5.97 Å². The standard InChI is InChI=1S/C10H13NO2/c1-7-4-2-3-5-8(7)6-9(11)10(12)13/h2-5,9H,6,11H2,1H3,(H,12,13)/t9-/m0/s1/i1D. The van der Waals surface area contributed by atoms with Crippen LogP contribution in [0.25, 0.3) is 0 Å². The fourth-order valence-corrected chi connectivity index (χ4v) is 1.08. The smallest absolute Gasteiger partial charge is 0.320 e. The van der Waals surface area contributed by atoms with Crippen molar-refractivity contribution in [2.75, 3.05) is 0 Å². The maximum atomic E-state index is 10.5. The molecule has 0 unspecified atom stereocenters. The van der Waals surface area contributed by atoms with Gasteiger partial charge in [-0.1, -0.05) is 24.3 Å². The Balaban J connectivity index is 2.80. The molecule has 13 heavy (non-hydrogen) atoms. The summed E-state index contributed by atoms with van der Waals surface area (Å²) in [6.45, 7) is 0.155. The Kier molecular flexibility index (Phi) is 2.57. The van der Waals surface area contributed by atoms with Gasteiger partial charge in [0, 0.05) is 1.37 Å². The van der Waals surface area contributed by atoms with Gasteiger partial charge in [0.1, 0.15) is 6.04 Å². The molecule has 3 nitrogen and oxygen atoms in total. The molecule has 1 rings (SSSR count). The zero-order chi connectivity index (χ0) is 10.6. The lowest BCUT2D eigenvalue weighted by atomic mass is 10.0. The van der Waals surface area contributed by atoms with Crippen molar-refractivity contribution in [2.45, 2.75) is 19.4 Å². The Bertz CT molecular complexity index is 328. The lowest BCUT2D eigenvalue weighted by molar-refractivity contribution is -0.138. The molecule has 0 radical (unpaired) electrons. The average Bonchev–Trinajstić information content (AvgIpc) is 2.18. The van der Waals surface area contributed by atoms with E-state index in [1.165, 1.54) is 0 Å². The third-order valence-corrected chi connectivity index (χ3v) is 1.88. The molecular formula is C10H13NO2. The van der Waals surface area contributed by atoms with Gasteiger partial charge in [-0.25, -0.2) is 0 Å². The van der Waals surface area contributed by atoms with Crippen LogP contribution in [0, 0.1) is 6.90 Å². The summed E-state index contributed by atoms with van der Waals surface area (Å²) < 4.78 is 7.25. The van der Waals surface area contributed by atoms with Gasteiger partial charge >= 0.3 is 5.97 Å². The van der Waals surface area contributed by atoms with E-state index in [-0.39, 0.29) is 13.3 Å². The number of rotatable bonds is 3. The Hall–Kier alpha value is -1.35. The van der Waals surface area contributed by atoms with Crippen LogP contribution in [0.1, 0.15) is 12.5 Å². The molecule has 0 saturated carbocycles. The average molecular weight is 180 g/mol. The first-order chi connectivity index (χ1) is 6.65. The molecule has 1 atom stereocenters. The first-order valence-corrected chi connectivity index (χ1v) is 3.99. The summed E-state index contributed by atoms with van der Waals surface area (Å²) in [7, 11) is 0. The number of carboxylic acids is 1. The number of carboxylic acid groups (broad SMARTS) is 1. The summed E-state index contributed by atoms with van der Waals surface area (Å²) in [5.74, 6) is -1.01. The molecule has 3 N–H and O–H groups in total. The maximum absolute atomic E-state index is 10.5. The monoisotopic (exact) mass is 180 g/mol. The molecular weight excluding hydrogens is 166 g/mol. The van der Waals surface area contributed by atoms with Gasteiger partial charge in [-0.15, -0.1) is 0 Å². The quantitative estimate of drug-likeness (QED) is 0.728. The lowest BCUT2D eigenvalue weighted by Gasteiger charge is -2.08. The van der Waals surface area contributed by atoms with Gasteiger partial charge in [0.15, 0.2) is 0 Å². The van der Waals surface area contributed by atoms with Crippen LogP contribution in [0.4, 0.5) is 0 Å². The zero-order valence-corrected chi connectivity index (χ0v) is 7.23. The van der Waals surface area contributed by atoms with E-state index in [1.54, 1.807) is 0 Å². The van der Waals surface area contributed by atoms with E-state index in [1.807, 2.05) is 24.3 Å². The highest BCUT2D eigenvalue weighted by Gasteiger charge is 2.12. The van der Waals surface area contributed by atoms with Gasteiger partial charge in [-0.2, -0.15) is 0 Å². The van der Waals surface area contributed by atoms with Crippen molar-refractivity contribution in [3.8, 4) is 0 Å². The minimum atomic E-state index is -1.01. The van der Waals surface area contributed by atoms with E-state index in [9.17, 15) is 4.79 Å². The molecule has 0 aliphatic rings. The fraction of sp³-hybridized carbons (Fsp3) is 0.300. The Morgan fingerprint density at radius 2 is 2.38 bits per heavy atom. The van der Waals surface area contributed by atoms with Crippen molar-refractivity contribution < 1.29 is 11.3 Å². The molecule has 1 aromatic rings. The third-order valence-electron chi connectivity index (χ3n) is 1.88. The van der Waals surface area contributed by atoms with Gasteiger partial charge in [-0.3, -0.25) is 4.79 Å². The van der Waals surface area contributed by atoms with Crippen LogP contribution >= 0.6 is 0 Å². The lowest BCUT2D eigenvalue weighted by Crippen LogP contribution is -2.32. The largest absolute Gasteiger partial charge is 0.480 e. The molecule has 3 heteroatoms. The van der Waals surface area contributed by atoms with Crippen molar-refractivity contribution in [3.63, 3.8) is 0 Å². The van der Waals surface area contributed by atoms with Crippen molar-refractivity contribution in [1.29, 1.82) is 0 Å². The van der Waals surface area contributed by atoms with Crippen LogP contribution in [-0.2, 0) is 11.2 Å². The first kappa shape index (κ1) is 8.26. The van der Waals surface area contributed by atoms with Crippen LogP contribution in [-0.4, -0.2) is 17.1 Å². The molecule has 0 amide bonds. The van der Waals surface area contributed by atoms with Crippen LogP contribution in [0.15, 0.2) is 24.3 Å². The topological polar surface area (TPSA) is 63.3 Å². The minimum absolute atomic E-state index is 0.155. The van der Waals surface area contributed by atoms with E-state index in [0.29, 0.717) is 0 Å². The fourth-order valence-electron chi connectivity index (χ4n) is 1.08. The molecule has 0 saturated heterocycles. The van der Waals surface area contributed by atoms with Gasteiger partial charge in [-0.05, 0) is 24.4 Å². The number of carbonyl (C=O) groups is 1. The van der Waals surface area contributed by atoms with Crippen LogP contribution in [0.3, 0.4) is 0 Å². The second-order valence-electron chi connectivity index (χ2n) is 2.92. The van der Waals surface area contributed by atoms with E-state index in [2.05, 4.69) is 0 Å². The van der Waals surface area contributed by atoms with Crippen molar-refractivity contribution in [3.05, 3.63) is 35.4 Å². The summed E-state index contributed by atoms with van der Waals surface area (Å²) in [6.07, 6.45) is 0.282. The Labute approximate surface area is 78.6 Å². The normalized spacial score (nSPS) is 13.5. The van der Waals surface area contributed by atoms with E-state index >= 15 is 0 Å². The molecule has 0 aromatic heterocycles. The van der Waals surface area contributed by atoms with Crippen LogP contribution in [0.2, 0.25) is 0 Å². The summed E-state index contributed by atoms with van der Waals surface area (Å²) in [4.78, 5) is 10.5. The predicted molar refractivity (Wildman–Crippen MR) is 50.5 cm³/mol. The summed E-state index contributed by atoms with van der Waals surface area (Å²) in [5.41, 5.74) is 7.09. The number of hydrogen-bond acceptors (Lipinski definition) is 2. The van der Waals surface area contributed by atoms with Gasteiger partial charge < -0.3 is 10.8 Å². The molecule has 0 aliphatic heterocycles. The number of nitrogens with two attached hydrogens (primary N) is 1. The van der Waals surface area contributed by atoms with Gasteiger partial charge in [0.25, 0.3) is 0 Å². The van der Waals surface area contributed by atoms with Crippen LogP contribution < -0.4 is 5.73 Å².